The number of fused-ring (bicyclic) bond motifs is 1. The highest BCUT2D eigenvalue weighted by atomic mass is 35.5. The number of nitrogens with zero attached hydrogens (tertiary/aromatic N) is 1. The van der Waals surface area contributed by atoms with Crippen LogP contribution < -0.4 is 14.8 Å². The third-order valence-electron chi connectivity index (χ3n) is 3.22. The molecule has 1 heterocycles. The summed E-state index contributed by atoms with van der Waals surface area (Å²) in [5, 5.41) is 3.75. The van der Waals surface area contributed by atoms with Crippen molar-refractivity contribution in [1.82, 2.24) is 4.98 Å². The number of nitrogens with one attached hydrogen (secondary N) is 1. The average molecular weight is 349 g/mol. The molecule has 0 saturated carbocycles. The number of hydrogen-bond acceptors (Lipinski definition) is 5. The first kappa shape index (κ1) is 15.6. The molecule has 0 radical (unpaired) electrons. The second-order valence-electron chi connectivity index (χ2n) is 4.63. The van der Waals surface area contributed by atoms with Gasteiger partial charge in [0, 0.05) is 10.6 Å². The van der Waals surface area contributed by atoms with Crippen molar-refractivity contribution in [1.29, 1.82) is 0 Å². The summed E-state index contributed by atoms with van der Waals surface area (Å²) >= 11 is 7.23. The molecule has 0 aliphatic heterocycles. The maximum atomic E-state index is 12.3. The van der Waals surface area contributed by atoms with Crippen LogP contribution in [0.3, 0.4) is 0 Å². The number of carbonyl (C=O) groups excluding carboxylic acids is 1. The van der Waals surface area contributed by atoms with Gasteiger partial charge in [0.25, 0.3) is 5.91 Å². The number of thiazole rings is 1. The molecule has 118 valence electrons. The molecule has 3 rings (SSSR count). The van der Waals surface area contributed by atoms with Gasteiger partial charge in [0.2, 0.25) is 0 Å². The van der Waals surface area contributed by atoms with Crippen molar-refractivity contribution in [2.24, 2.45) is 0 Å². The first-order valence-corrected chi connectivity index (χ1v) is 7.90. The van der Waals surface area contributed by atoms with E-state index in [1.54, 1.807) is 44.6 Å². The van der Waals surface area contributed by atoms with E-state index in [0.717, 1.165) is 4.70 Å². The molecule has 0 saturated heterocycles. The fraction of sp³-hybridized carbons (Fsp3) is 0.125. The van der Waals surface area contributed by atoms with E-state index in [1.807, 2.05) is 6.07 Å². The Bertz CT molecular complexity index is 838. The van der Waals surface area contributed by atoms with Crippen LogP contribution in [0.5, 0.6) is 11.5 Å². The Morgan fingerprint density at radius 3 is 2.61 bits per heavy atom. The zero-order valence-corrected chi connectivity index (χ0v) is 14.0. The zero-order valence-electron chi connectivity index (χ0n) is 12.4. The Morgan fingerprint density at radius 1 is 1.17 bits per heavy atom. The van der Waals surface area contributed by atoms with E-state index in [2.05, 4.69) is 10.3 Å². The van der Waals surface area contributed by atoms with Crippen LogP contribution in [0, 0.1) is 0 Å². The lowest BCUT2D eigenvalue weighted by Gasteiger charge is -2.03. The molecule has 0 fully saturated rings. The number of anilines is 1. The van der Waals surface area contributed by atoms with Gasteiger partial charge in [-0.1, -0.05) is 29.0 Å². The highest BCUT2D eigenvalue weighted by Gasteiger charge is 2.15. The first-order valence-electron chi connectivity index (χ1n) is 6.71. The van der Waals surface area contributed by atoms with Gasteiger partial charge in [-0.15, -0.1) is 0 Å². The molecular weight excluding hydrogens is 336 g/mol. The van der Waals surface area contributed by atoms with Crippen LogP contribution in [0.15, 0.2) is 36.4 Å². The monoisotopic (exact) mass is 348 g/mol. The number of ether oxygens (including phenoxy) is 2. The molecule has 1 aromatic heterocycles. The third kappa shape index (κ3) is 3.09. The molecule has 23 heavy (non-hydrogen) atoms. The van der Waals surface area contributed by atoms with Gasteiger partial charge in [-0.2, -0.15) is 0 Å². The predicted molar refractivity (Wildman–Crippen MR) is 92.1 cm³/mol. The molecule has 7 heteroatoms. The molecule has 5 nitrogen and oxygen atoms in total. The number of halogens is 1. The van der Waals surface area contributed by atoms with E-state index in [9.17, 15) is 4.79 Å². The van der Waals surface area contributed by atoms with Gasteiger partial charge in [-0.3, -0.25) is 10.1 Å². The minimum Gasteiger partial charge on any atom is -0.495 e. The van der Waals surface area contributed by atoms with Crippen molar-refractivity contribution in [3.05, 3.63) is 47.0 Å². The van der Waals surface area contributed by atoms with Gasteiger partial charge >= 0.3 is 0 Å². The summed E-state index contributed by atoms with van der Waals surface area (Å²) in [5.41, 5.74) is 1.12. The van der Waals surface area contributed by atoms with E-state index in [0.29, 0.717) is 32.7 Å². The van der Waals surface area contributed by atoms with E-state index < -0.39 is 0 Å². The Balaban J connectivity index is 1.96. The second kappa shape index (κ2) is 6.44. The van der Waals surface area contributed by atoms with Gasteiger partial charge < -0.3 is 9.47 Å². The fourth-order valence-corrected chi connectivity index (χ4v) is 3.30. The summed E-state index contributed by atoms with van der Waals surface area (Å²) in [5.74, 6) is 1.03. The van der Waals surface area contributed by atoms with E-state index in [-0.39, 0.29) is 5.91 Å². The number of aromatic nitrogens is 1. The van der Waals surface area contributed by atoms with Crippen molar-refractivity contribution < 1.29 is 14.3 Å². The van der Waals surface area contributed by atoms with Crippen LogP contribution in [-0.2, 0) is 0 Å². The molecule has 0 spiro atoms. The highest BCUT2D eigenvalue weighted by molar-refractivity contribution is 7.22. The van der Waals surface area contributed by atoms with Crippen LogP contribution in [0.2, 0.25) is 5.02 Å². The lowest BCUT2D eigenvalue weighted by atomic mass is 10.2. The summed E-state index contributed by atoms with van der Waals surface area (Å²) in [6.45, 7) is 0. The van der Waals surface area contributed by atoms with Crippen LogP contribution in [0.1, 0.15) is 10.4 Å². The molecule has 0 unspecified atom stereocenters. The number of rotatable bonds is 4. The Hall–Kier alpha value is -2.31. The Kier molecular flexibility index (Phi) is 4.36. The van der Waals surface area contributed by atoms with Crippen molar-refractivity contribution in [2.45, 2.75) is 0 Å². The standard InChI is InChI=1S/C16H13ClN2O3S/c1-21-11-6-7-12(22-2)14-13(11)18-16(23-14)19-15(20)9-4-3-5-10(17)8-9/h3-8H,1-2H3,(H,18,19,20). The van der Waals surface area contributed by atoms with E-state index in [1.165, 1.54) is 11.3 Å². The van der Waals surface area contributed by atoms with Crippen LogP contribution in [-0.4, -0.2) is 25.1 Å². The lowest BCUT2D eigenvalue weighted by molar-refractivity contribution is 0.102. The highest BCUT2D eigenvalue weighted by Crippen LogP contribution is 2.38. The Labute approximate surface area is 141 Å². The van der Waals surface area contributed by atoms with Crippen LogP contribution in [0.4, 0.5) is 5.13 Å². The number of hydrogen-bond donors (Lipinski definition) is 1. The third-order valence-corrected chi connectivity index (χ3v) is 4.44. The zero-order chi connectivity index (χ0) is 16.4. The molecule has 0 aliphatic carbocycles. The molecule has 1 N–H and O–H groups in total. The van der Waals surface area contributed by atoms with Crippen LogP contribution in [0.25, 0.3) is 10.2 Å². The summed E-state index contributed by atoms with van der Waals surface area (Å²) in [4.78, 5) is 16.7. The molecule has 0 aliphatic rings. The topological polar surface area (TPSA) is 60.5 Å². The summed E-state index contributed by atoms with van der Waals surface area (Å²) in [7, 11) is 3.16. The largest absolute Gasteiger partial charge is 0.495 e. The molecule has 0 bridgehead atoms. The number of carbonyl (C=O) groups is 1. The van der Waals surface area contributed by atoms with Gasteiger partial charge in [0.1, 0.15) is 21.7 Å². The van der Waals surface area contributed by atoms with Crippen molar-refractivity contribution in [3.63, 3.8) is 0 Å². The number of amides is 1. The molecule has 3 aromatic rings. The summed E-state index contributed by atoms with van der Waals surface area (Å²) in [6, 6.07) is 10.3. The minimum atomic E-state index is -0.274. The van der Waals surface area contributed by atoms with E-state index >= 15 is 0 Å². The molecular formula is C16H13ClN2O3S. The molecule has 1 amide bonds. The van der Waals surface area contributed by atoms with E-state index in [4.69, 9.17) is 21.1 Å². The average Bonchev–Trinajstić information content (AvgIpc) is 2.97. The summed E-state index contributed by atoms with van der Waals surface area (Å²) in [6.07, 6.45) is 0. The maximum Gasteiger partial charge on any atom is 0.257 e. The lowest BCUT2D eigenvalue weighted by Crippen LogP contribution is -2.11. The quantitative estimate of drug-likeness (QED) is 0.766. The fourth-order valence-electron chi connectivity index (χ4n) is 2.14. The smallest absolute Gasteiger partial charge is 0.257 e. The predicted octanol–water partition coefficient (Wildman–Crippen LogP) is 4.22. The van der Waals surface area contributed by atoms with Crippen molar-refractivity contribution in [3.8, 4) is 11.5 Å². The normalized spacial score (nSPS) is 10.6. The van der Waals surface area contributed by atoms with Crippen molar-refractivity contribution in [2.75, 3.05) is 19.5 Å². The minimum absolute atomic E-state index is 0.274. The summed E-state index contributed by atoms with van der Waals surface area (Å²) < 4.78 is 11.4. The van der Waals surface area contributed by atoms with Gasteiger partial charge in [0.05, 0.1) is 14.2 Å². The maximum absolute atomic E-state index is 12.3. The first-order chi connectivity index (χ1) is 11.1. The van der Waals surface area contributed by atoms with Gasteiger partial charge in [-0.25, -0.2) is 4.98 Å². The van der Waals surface area contributed by atoms with Crippen molar-refractivity contribution >= 4 is 44.2 Å². The molecule has 0 atom stereocenters. The van der Waals surface area contributed by atoms with Gasteiger partial charge in [0.15, 0.2) is 5.13 Å². The van der Waals surface area contributed by atoms with Crippen LogP contribution >= 0.6 is 22.9 Å². The molecule has 2 aromatic carbocycles. The number of methoxy groups -OCH3 is 2. The van der Waals surface area contributed by atoms with Gasteiger partial charge in [-0.05, 0) is 30.3 Å². The second-order valence-corrected chi connectivity index (χ2v) is 6.07. The SMILES string of the molecule is COc1ccc(OC)c2sc(NC(=O)c3cccc(Cl)c3)nc12. The Morgan fingerprint density at radius 2 is 1.91 bits per heavy atom. The number of benzene rings is 2.